The van der Waals surface area contributed by atoms with Crippen LogP contribution in [0.5, 0.6) is 0 Å². The lowest BCUT2D eigenvalue weighted by molar-refractivity contribution is 0.0698. The summed E-state index contributed by atoms with van der Waals surface area (Å²) < 4.78 is 5.59. The average molecular weight is 310 g/mol. The average Bonchev–Trinajstić information content (AvgIpc) is 2.58. The van der Waals surface area contributed by atoms with Gasteiger partial charge in [-0.2, -0.15) is 0 Å². The summed E-state index contributed by atoms with van der Waals surface area (Å²) in [4.78, 5) is 10.9. The summed E-state index contributed by atoms with van der Waals surface area (Å²) in [7, 11) is 0. The van der Waals surface area contributed by atoms with E-state index in [0.717, 1.165) is 6.26 Å². The van der Waals surface area contributed by atoms with Crippen molar-refractivity contribution < 1.29 is 14.3 Å². The molecule has 0 bridgehead atoms. The number of carboxylic acid groups (broad SMARTS) is 1. The Kier molecular flexibility index (Phi) is 2.66. The van der Waals surface area contributed by atoms with Gasteiger partial charge in [-0.25, -0.2) is 4.79 Å². The molecule has 2 aromatic rings. The minimum atomic E-state index is -1.11. The van der Waals surface area contributed by atoms with Crippen LogP contribution in [-0.2, 0) is 0 Å². The Morgan fingerprint density at radius 3 is 2.73 bits per heavy atom. The standard InChI is InChI=1S/C9H3BrCl2O3/c10-4-1-5(11)8-6(7(4)12)3(2-15-8)9(13)14/h1-2H,(H,13,14). The zero-order valence-electron chi connectivity index (χ0n) is 7.05. The summed E-state index contributed by atoms with van der Waals surface area (Å²) in [6.07, 6.45) is 1.12. The second kappa shape index (κ2) is 3.70. The monoisotopic (exact) mass is 308 g/mol. The topological polar surface area (TPSA) is 50.4 Å². The molecule has 0 atom stereocenters. The van der Waals surface area contributed by atoms with Crippen LogP contribution in [0, 0.1) is 0 Å². The lowest BCUT2D eigenvalue weighted by Crippen LogP contribution is -1.94. The SMILES string of the molecule is O=C(O)c1coc2c(Cl)cc(Br)c(Cl)c12. The number of benzene rings is 1. The lowest BCUT2D eigenvalue weighted by atomic mass is 10.2. The summed E-state index contributed by atoms with van der Waals surface area (Å²) >= 11 is 15.0. The first-order valence-corrected chi connectivity index (χ1v) is 5.35. The van der Waals surface area contributed by atoms with E-state index in [2.05, 4.69) is 15.9 Å². The Hall–Kier alpha value is -0.710. The molecule has 1 aromatic carbocycles. The predicted octanol–water partition coefficient (Wildman–Crippen LogP) is 4.20. The number of hydrogen-bond acceptors (Lipinski definition) is 2. The number of halogens is 3. The summed E-state index contributed by atoms with van der Waals surface area (Å²) in [5.41, 5.74) is 0.278. The highest BCUT2D eigenvalue weighted by molar-refractivity contribution is 9.10. The van der Waals surface area contributed by atoms with Crippen molar-refractivity contribution >= 4 is 56.1 Å². The van der Waals surface area contributed by atoms with Gasteiger partial charge in [0, 0.05) is 4.47 Å². The van der Waals surface area contributed by atoms with Gasteiger partial charge in [0.2, 0.25) is 0 Å². The number of aromatic carboxylic acids is 1. The second-order valence-corrected chi connectivity index (χ2v) is 4.45. The first-order valence-electron chi connectivity index (χ1n) is 3.80. The molecule has 0 unspecified atom stereocenters. The molecular formula is C9H3BrCl2O3. The first kappa shape index (κ1) is 10.8. The normalized spacial score (nSPS) is 10.9. The van der Waals surface area contributed by atoms with E-state index in [1.54, 1.807) is 6.07 Å². The van der Waals surface area contributed by atoms with E-state index < -0.39 is 5.97 Å². The molecule has 15 heavy (non-hydrogen) atoms. The molecule has 1 N–H and O–H groups in total. The van der Waals surface area contributed by atoms with Crippen LogP contribution in [0.25, 0.3) is 11.0 Å². The fourth-order valence-corrected chi connectivity index (χ4v) is 2.32. The lowest BCUT2D eigenvalue weighted by Gasteiger charge is -2.00. The van der Waals surface area contributed by atoms with Crippen LogP contribution in [-0.4, -0.2) is 11.1 Å². The van der Waals surface area contributed by atoms with Crippen LogP contribution in [0.3, 0.4) is 0 Å². The largest absolute Gasteiger partial charge is 0.478 e. The van der Waals surface area contributed by atoms with Crippen molar-refractivity contribution in [3.8, 4) is 0 Å². The van der Waals surface area contributed by atoms with Crippen LogP contribution in [0.15, 0.2) is 21.2 Å². The maximum Gasteiger partial charge on any atom is 0.339 e. The molecular weight excluding hydrogens is 307 g/mol. The molecule has 1 heterocycles. The third-order valence-electron chi connectivity index (χ3n) is 1.92. The molecule has 6 heteroatoms. The summed E-state index contributed by atoms with van der Waals surface area (Å²) in [6.45, 7) is 0. The second-order valence-electron chi connectivity index (χ2n) is 2.81. The molecule has 1 aromatic heterocycles. The number of rotatable bonds is 1. The van der Waals surface area contributed by atoms with E-state index in [4.69, 9.17) is 32.7 Å². The highest BCUT2D eigenvalue weighted by Crippen LogP contribution is 2.38. The molecule has 0 aliphatic carbocycles. The van der Waals surface area contributed by atoms with Crippen molar-refractivity contribution in [2.75, 3.05) is 0 Å². The van der Waals surface area contributed by atoms with Crippen molar-refractivity contribution in [1.29, 1.82) is 0 Å². The Labute approximate surface area is 103 Å². The van der Waals surface area contributed by atoms with Gasteiger partial charge < -0.3 is 9.52 Å². The molecule has 0 saturated heterocycles. The summed E-state index contributed by atoms with van der Waals surface area (Å²) in [5, 5.41) is 9.80. The smallest absolute Gasteiger partial charge is 0.339 e. The van der Waals surface area contributed by atoms with E-state index >= 15 is 0 Å². The number of furan rings is 1. The zero-order chi connectivity index (χ0) is 11.2. The molecule has 0 amide bonds. The van der Waals surface area contributed by atoms with Crippen molar-refractivity contribution in [2.24, 2.45) is 0 Å². The molecule has 0 spiro atoms. The predicted molar refractivity (Wildman–Crippen MR) is 60.9 cm³/mol. The van der Waals surface area contributed by atoms with Gasteiger partial charge in [-0.05, 0) is 22.0 Å². The quantitative estimate of drug-likeness (QED) is 0.803. The fourth-order valence-electron chi connectivity index (χ4n) is 1.27. The summed E-state index contributed by atoms with van der Waals surface area (Å²) in [6, 6.07) is 1.56. The molecule has 78 valence electrons. The van der Waals surface area contributed by atoms with Crippen molar-refractivity contribution in [2.45, 2.75) is 0 Å². The van der Waals surface area contributed by atoms with Crippen molar-refractivity contribution in [3.05, 3.63) is 32.4 Å². The molecule has 3 nitrogen and oxygen atoms in total. The Morgan fingerprint density at radius 1 is 1.47 bits per heavy atom. The molecule has 0 aliphatic rings. The fraction of sp³-hybridized carbons (Fsp3) is 0. The molecule has 0 radical (unpaired) electrons. The molecule has 0 saturated carbocycles. The van der Waals surface area contributed by atoms with Gasteiger partial charge in [-0.15, -0.1) is 0 Å². The van der Waals surface area contributed by atoms with Gasteiger partial charge in [0.1, 0.15) is 11.8 Å². The molecule has 0 fully saturated rings. The number of carboxylic acids is 1. The third kappa shape index (κ3) is 1.62. The highest BCUT2D eigenvalue weighted by Gasteiger charge is 2.19. The van der Waals surface area contributed by atoms with Crippen LogP contribution >= 0.6 is 39.1 Å². The van der Waals surface area contributed by atoms with E-state index in [1.807, 2.05) is 0 Å². The van der Waals surface area contributed by atoms with Gasteiger partial charge in [0.05, 0.1) is 15.4 Å². The van der Waals surface area contributed by atoms with Gasteiger partial charge in [0.15, 0.2) is 5.58 Å². The van der Waals surface area contributed by atoms with E-state index in [9.17, 15) is 4.79 Å². The Bertz CT molecular complexity index is 562. The van der Waals surface area contributed by atoms with Gasteiger partial charge in [0.25, 0.3) is 0 Å². The Balaban J connectivity index is 2.95. The molecule has 2 rings (SSSR count). The highest BCUT2D eigenvalue weighted by atomic mass is 79.9. The van der Waals surface area contributed by atoms with E-state index in [0.29, 0.717) is 14.9 Å². The molecule has 0 aliphatic heterocycles. The first-order chi connectivity index (χ1) is 7.02. The van der Waals surface area contributed by atoms with Crippen LogP contribution in [0.2, 0.25) is 10.0 Å². The Morgan fingerprint density at radius 2 is 2.13 bits per heavy atom. The zero-order valence-corrected chi connectivity index (χ0v) is 10.2. The van der Waals surface area contributed by atoms with Crippen LogP contribution in [0.4, 0.5) is 0 Å². The third-order valence-corrected chi connectivity index (χ3v) is 3.45. The number of hydrogen-bond donors (Lipinski definition) is 1. The van der Waals surface area contributed by atoms with Crippen LogP contribution < -0.4 is 0 Å². The minimum absolute atomic E-state index is 0.00167. The summed E-state index contributed by atoms with van der Waals surface area (Å²) in [5.74, 6) is -1.11. The maximum absolute atomic E-state index is 10.9. The van der Waals surface area contributed by atoms with Crippen molar-refractivity contribution in [1.82, 2.24) is 0 Å². The van der Waals surface area contributed by atoms with Crippen molar-refractivity contribution in [3.63, 3.8) is 0 Å². The maximum atomic E-state index is 10.9. The van der Waals surface area contributed by atoms with Gasteiger partial charge in [-0.3, -0.25) is 0 Å². The van der Waals surface area contributed by atoms with Gasteiger partial charge >= 0.3 is 5.97 Å². The number of carbonyl (C=O) groups is 1. The number of fused-ring (bicyclic) bond motifs is 1. The van der Waals surface area contributed by atoms with Gasteiger partial charge in [-0.1, -0.05) is 23.2 Å². The van der Waals surface area contributed by atoms with E-state index in [-0.39, 0.29) is 16.2 Å². The minimum Gasteiger partial charge on any atom is -0.478 e. The van der Waals surface area contributed by atoms with E-state index in [1.165, 1.54) is 0 Å². The van der Waals surface area contributed by atoms with Crippen LogP contribution in [0.1, 0.15) is 10.4 Å².